The first-order valence-electron chi connectivity index (χ1n) is 15.4. The van der Waals surface area contributed by atoms with Gasteiger partial charge in [0, 0.05) is 48.4 Å². The summed E-state index contributed by atoms with van der Waals surface area (Å²) in [7, 11) is 0. The number of fused-ring (bicyclic) bond motifs is 6. The molecule has 3 aromatic heterocycles. The number of pyridine rings is 1. The normalized spacial score (nSPS) is 17.6. The minimum Gasteiger partial charge on any atom is -0.479 e. The molecule has 1 aromatic carbocycles. The topological polar surface area (TPSA) is 102 Å². The Kier molecular flexibility index (Phi) is 8.02. The number of carboxylic acids is 1. The second kappa shape index (κ2) is 11.8. The highest BCUT2D eigenvalue weighted by atomic mass is 16.5. The highest BCUT2D eigenvalue weighted by molar-refractivity contribution is 5.79. The summed E-state index contributed by atoms with van der Waals surface area (Å²) < 4.78 is 14.4. The van der Waals surface area contributed by atoms with Gasteiger partial charge in [0.15, 0.2) is 11.8 Å². The number of piperidine rings is 1. The highest BCUT2D eigenvalue weighted by Gasteiger charge is 2.37. The molecule has 0 radical (unpaired) electrons. The number of aliphatic carboxylic acids is 1. The molecular formula is C35H41N5O4. The van der Waals surface area contributed by atoms with Gasteiger partial charge in [-0.05, 0) is 83.6 Å². The van der Waals surface area contributed by atoms with E-state index in [-0.39, 0.29) is 5.60 Å². The van der Waals surface area contributed by atoms with E-state index in [9.17, 15) is 9.90 Å². The van der Waals surface area contributed by atoms with Crippen LogP contribution in [0.5, 0.6) is 0 Å². The SMILES string of the molecule is Cc1nc2cc3nn2c(c1[C@H](OC(C)(C)C)C(=O)O)N1CCC(C)(CC1)OCC=CCCc1ccncc1-c1cccc-3c1. The van der Waals surface area contributed by atoms with Crippen molar-refractivity contribution in [2.45, 2.75) is 77.6 Å². The van der Waals surface area contributed by atoms with Gasteiger partial charge in [-0.3, -0.25) is 4.98 Å². The van der Waals surface area contributed by atoms with Gasteiger partial charge in [-0.25, -0.2) is 9.78 Å². The molecule has 0 unspecified atom stereocenters. The van der Waals surface area contributed by atoms with Crippen molar-refractivity contribution in [1.29, 1.82) is 0 Å². The summed E-state index contributed by atoms with van der Waals surface area (Å²) in [5.41, 5.74) is 5.94. The summed E-state index contributed by atoms with van der Waals surface area (Å²) in [5, 5.41) is 15.5. The van der Waals surface area contributed by atoms with Crippen LogP contribution in [0.1, 0.15) is 69.9 Å². The minimum atomic E-state index is -1.21. The second-order valence-corrected chi connectivity index (χ2v) is 13.1. The summed E-state index contributed by atoms with van der Waals surface area (Å²) in [6.07, 6.45) is 10.3. The molecule has 0 aliphatic carbocycles. The Morgan fingerprint density at radius 3 is 2.64 bits per heavy atom. The molecule has 3 aliphatic heterocycles. The molecule has 230 valence electrons. The van der Waals surface area contributed by atoms with Crippen molar-refractivity contribution in [1.82, 2.24) is 19.6 Å². The quantitative estimate of drug-likeness (QED) is 0.265. The zero-order valence-electron chi connectivity index (χ0n) is 26.2. The fourth-order valence-electron chi connectivity index (χ4n) is 6.21. The predicted octanol–water partition coefficient (Wildman–Crippen LogP) is 6.59. The van der Waals surface area contributed by atoms with E-state index in [1.165, 1.54) is 5.56 Å². The molecule has 3 aliphatic rings. The van der Waals surface area contributed by atoms with Gasteiger partial charge in [-0.1, -0.05) is 30.4 Å². The highest BCUT2D eigenvalue weighted by Crippen LogP contribution is 2.38. The lowest BCUT2D eigenvalue weighted by Gasteiger charge is -2.41. The van der Waals surface area contributed by atoms with Gasteiger partial charge < -0.3 is 19.5 Å². The van der Waals surface area contributed by atoms with E-state index in [0.29, 0.717) is 42.4 Å². The Morgan fingerprint density at radius 1 is 1.11 bits per heavy atom. The number of aryl methyl sites for hydroxylation is 2. The Labute approximate surface area is 258 Å². The van der Waals surface area contributed by atoms with Crippen molar-refractivity contribution >= 4 is 17.4 Å². The van der Waals surface area contributed by atoms with Crippen LogP contribution in [0, 0.1) is 6.92 Å². The maximum Gasteiger partial charge on any atom is 0.337 e. The fraction of sp³-hybridized carbons (Fsp3) is 0.429. The number of allylic oxidation sites excluding steroid dienone is 1. The Balaban J connectivity index is 1.55. The third-order valence-electron chi connectivity index (χ3n) is 8.54. The number of carbonyl (C=O) groups is 1. The number of hydrogen-bond acceptors (Lipinski definition) is 7. The van der Waals surface area contributed by atoms with Gasteiger partial charge in [-0.15, -0.1) is 0 Å². The van der Waals surface area contributed by atoms with Crippen LogP contribution in [-0.4, -0.2) is 61.6 Å². The molecular weight excluding hydrogens is 554 g/mol. The van der Waals surface area contributed by atoms with Crippen LogP contribution in [0.2, 0.25) is 0 Å². The maximum atomic E-state index is 12.7. The summed E-state index contributed by atoms with van der Waals surface area (Å²) >= 11 is 0. The summed E-state index contributed by atoms with van der Waals surface area (Å²) in [5.74, 6) is -0.346. The Bertz CT molecular complexity index is 1710. The average Bonchev–Trinajstić information content (AvgIpc) is 3.41. The van der Waals surface area contributed by atoms with Crippen molar-refractivity contribution in [3.63, 3.8) is 0 Å². The molecule has 1 atom stereocenters. The predicted molar refractivity (Wildman–Crippen MR) is 171 cm³/mol. The first kappa shape index (κ1) is 30.0. The van der Waals surface area contributed by atoms with E-state index < -0.39 is 17.7 Å². The molecule has 0 saturated carbocycles. The molecule has 0 amide bonds. The van der Waals surface area contributed by atoms with Gasteiger partial charge >= 0.3 is 5.97 Å². The van der Waals surface area contributed by atoms with Gasteiger partial charge in [0.1, 0.15) is 5.82 Å². The smallest absolute Gasteiger partial charge is 0.337 e. The van der Waals surface area contributed by atoms with E-state index in [1.807, 2.05) is 62.8 Å². The molecule has 6 heterocycles. The lowest BCUT2D eigenvalue weighted by Crippen LogP contribution is -2.45. The van der Waals surface area contributed by atoms with Crippen LogP contribution in [-0.2, 0) is 20.7 Å². The molecule has 9 heteroatoms. The third kappa shape index (κ3) is 6.12. The number of benzene rings is 1. The van der Waals surface area contributed by atoms with Gasteiger partial charge in [0.25, 0.3) is 0 Å². The number of hydrogen-bond donors (Lipinski definition) is 1. The molecule has 1 saturated heterocycles. The van der Waals surface area contributed by atoms with E-state index in [0.717, 1.165) is 48.1 Å². The van der Waals surface area contributed by atoms with Crippen molar-refractivity contribution in [3.8, 4) is 22.4 Å². The van der Waals surface area contributed by atoms with Crippen LogP contribution in [0.3, 0.4) is 0 Å². The van der Waals surface area contributed by atoms with Crippen molar-refractivity contribution in [2.75, 3.05) is 24.6 Å². The summed E-state index contributed by atoms with van der Waals surface area (Å²) in [6.45, 7) is 11.5. The molecule has 4 aromatic rings. The van der Waals surface area contributed by atoms with Crippen LogP contribution >= 0.6 is 0 Å². The number of nitrogens with zero attached hydrogens (tertiary/aromatic N) is 5. The molecule has 7 rings (SSSR count). The maximum absolute atomic E-state index is 12.7. The standard InChI is InChI=1S/C35H41N5O4/c1-23-30(31(33(41)42)44-34(2,3)4)32-39-17-14-35(5,15-18-39)43-19-8-6-7-10-24-13-16-36-22-27(24)25-11-9-12-26(20-25)28-21-29(37-23)40(32)38-28/h6,8-9,11-13,16,20-22,31H,7,10,14-15,17-19H2,1-5H3,(H,41,42)/t31-/m0/s1. The lowest BCUT2D eigenvalue weighted by atomic mass is 9.92. The Morgan fingerprint density at radius 2 is 1.89 bits per heavy atom. The van der Waals surface area contributed by atoms with Crippen LogP contribution in [0.4, 0.5) is 5.82 Å². The van der Waals surface area contributed by atoms with E-state index >= 15 is 0 Å². The van der Waals surface area contributed by atoms with Crippen molar-refractivity contribution in [2.24, 2.45) is 0 Å². The van der Waals surface area contributed by atoms with Crippen LogP contribution < -0.4 is 4.90 Å². The first-order chi connectivity index (χ1) is 21.0. The van der Waals surface area contributed by atoms with Crippen molar-refractivity contribution < 1.29 is 19.4 Å². The molecule has 44 heavy (non-hydrogen) atoms. The summed E-state index contributed by atoms with van der Waals surface area (Å²) in [4.78, 5) is 24.3. The van der Waals surface area contributed by atoms with Gasteiger partial charge in [0.2, 0.25) is 0 Å². The van der Waals surface area contributed by atoms with Crippen molar-refractivity contribution in [3.05, 3.63) is 77.8 Å². The number of rotatable bonds is 3. The van der Waals surface area contributed by atoms with E-state index in [4.69, 9.17) is 19.6 Å². The molecule has 0 spiro atoms. The van der Waals surface area contributed by atoms with E-state index in [1.54, 1.807) is 0 Å². The number of aromatic nitrogens is 4. The number of ether oxygens (including phenoxy) is 2. The van der Waals surface area contributed by atoms with Gasteiger partial charge in [0.05, 0.1) is 29.1 Å². The first-order valence-corrected chi connectivity index (χ1v) is 15.4. The minimum absolute atomic E-state index is 0.286. The zero-order valence-corrected chi connectivity index (χ0v) is 26.2. The molecule has 1 fully saturated rings. The van der Waals surface area contributed by atoms with Crippen LogP contribution in [0.15, 0.2) is 60.9 Å². The fourth-order valence-corrected chi connectivity index (χ4v) is 6.21. The largest absolute Gasteiger partial charge is 0.479 e. The van der Waals surface area contributed by atoms with E-state index in [2.05, 4.69) is 47.2 Å². The monoisotopic (exact) mass is 595 g/mol. The third-order valence-corrected chi connectivity index (χ3v) is 8.54. The molecule has 1 N–H and O–H groups in total. The van der Waals surface area contributed by atoms with Crippen LogP contribution in [0.25, 0.3) is 28.0 Å². The summed E-state index contributed by atoms with van der Waals surface area (Å²) in [6, 6.07) is 12.4. The van der Waals surface area contributed by atoms with Gasteiger partial charge in [-0.2, -0.15) is 9.61 Å². The lowest BCUT2D eigenvalue weighted by molar-refractivity contribution is -0.160. The molecule has 6 bridgehead atoms. The Hall–Kier alpha value is -4.08. The number of anilines is 1. The zero-order chi connectivity index (χ0) is 31.1. The second-order valence-electron chi connectivity index (χ2n) is 13.1. The average molecular weight is 596 g/mol. The molecule has 9 nitrogen and oxygen atoms in total. The number of carboxylic acid groups (broad SMARTS) is 1.